The first-order valence-corrected chi connectivity index (χ1v) is 5.64. The second-order valence-corrected chi connectivity index (χ2v) is 4.62. The first-order chi connectivity index (χ1) is 6.86. The van der Waals surface area contributed by atoms with Crippen LogP contribution in [-0.2, 0) is 4.79 Å². The summed E-state index contributed by atoms with van der Waals surface area (Å²) in [6, 6.07) is 0. The molecule has 1 aliphatic rings. The summed E-state index contributed by atoms with van der Waals surface area (Å²) >= 11 is 1.37. The van der Waals surface area contributed by atoms with Gasteiger partial charge in [0, 0.05) is 5.75 Å². The quantitative estimate of drug-likeness (QED) is 0.788. The number of hydrogen-bond donors (Lipinski definition) is 2. The fourth-order valence-corrected chi connectivity index (χ4v) is 2.66. The summed E-state index contributed by atoms with van der Waals surface area (Å²) in [4.78, 5) is 11.0. The van der Waals surface area contributed by atoms with Crippen molar-refractivity contribution >= 4 is 17.7 Å². The maximum Gasteiger partial charge on any atom is 0.401 e. The number of nitrogens with one attached hydrogen (secondary N) is 1. The first-order valence-electron chi connectivity index (χ1n) is 4.49. The van der Waals surface area contributed by atoms with E-state index in [-0.39, 0.29) is 12.2 Å². The third kappa shape index (κ3) is 3.57. The zero-order valence-electron chi connectivity index (χ0n) is 7.93. The fourth-order valence-electron chi connectivity index (χ4n) is 1.45. The smallest absolute Gasteiger partial charge is 0.401 e. The molecule has 1 saturated heterocycles. The molecule has 0 radical (unpaired) electrons. The van der Waals surface area contributed by atoms with Crippen LogP contribution in [0.5, 0.6) is 0 Å². The van der Waals surface area contributed by atoms with Gasteiger partial charge in [0.2, 0.25) is 0 Å². The molecule has 15 heavy (non-hydrogen) atoms. The summed E-state index contributed by atoms with van der Waals surface area (Å²) in [6.45, 7) is -1.25. The molecule has 1 atom stereocenters. The Labute approximate surface area is 89.4 Å². The average Bonchev–Trinajstić information content (AvgIpc) is 2.15. The van der Waals surface area contributed by atoms with Gasteiger partial charge in [-0.3, -0.25) is 10.1 Å². The van der Waals surface area contributed by atoms with Crippen LogP contribution in [0.25, 0.3) is 0 Å². The molecule has 1 aliphatic heterocycles. The van der Waals surface area contributed by atoms with E-state index < -0.39 is 24.2 Å². The largest absolute Gasteiger partial charge is 0.480 e. The molecule has 0 aromatic rings. The van der Waals surface area contributed by atoms with E-state index in [0.29, 0.717) is 6.42 Å². The summed E-state index contributed by atoms with van der Waals surface area (Å²) in [5.74, 6) is -0.194. The maximum atomic E-state index is 12.0. The van der Waals surface area contributed by atoms with Gasteiger partial charge in [0.15, 0.2) is 0 Å². The first kappa shape index (κ1) is 12.6. The van der Waals surface area contributed by atoms with Crippen molar-refractivity contribution in [3.8, 4) is 0 Å². The van der Waals surface area contributed by atoms with Crippen molar-refractivity contribution in [3.63, 3.8) is 0 Å². The predicted molar refractivity (Wildman–Crippen MR) is 51.0 cm³/mol. The van der Waals surface area contributed by atoms with Crippen molar-refractivity contribution in [2.75, 3.05) is 18.1 Å². The van der Waals surface area contributed by atoms with E-state index in [1.807, 2.05) is 0 Å². The van der Waals surface area contributed by atoms with Crippen LogP contribution in [0.4, 0.5) is 13.2 Å². The zero-order valence-corrected chi connectivity index (χ0v) is 8.75. The Bertz CT molecular complexity index is 239. The minimum atomic E-state index is -4.37. The van der Waals surface area contributed by atoms with Gasteiger partial charge in [-0.25, -0.2) is 0 Å². The second kappa shape index (κ2) is 4.61. The molecule has 1 rings (SSSR count). The fraction of sp³-hybridized carbons (Fsp3) is 0.875. The lowest BCUT2D eigenvalue weighted by Crippen LogP contribution is -2.57. The number of carboxylic acid groups (broad SMARTS) is 1. The van der Waals surface area contributed by atoms with Gasteiger partial charge in [0.05, 0.1) is 6.54 Å². The molecule has 0 bridgehead atoms. The standard InChI is InChI=1S/C8H12F3NO2S/c9-8(10,11)4-12-7(6(13)14)2-1-3-15-5-7/h12H,1-5H2,(H,13,14). The highest BCUT2D eigenvalue weighted by molar-refractivity contribution is 7.99. The van der Waals surface area contributed by atoms with Crippen LogP contribution in [0, 0.1) is 0 Å². The number of hydrogen-bond acceptors (Lipinski definition) is 3. The molecule has 0 aromatic carbocycles. The van der Waals surface area contributed by atoms with E-state index >= 15 is 0 Å². The lowest BCUT2D eigenvalue weighted by Gasteiger charge is -2.34. The van der Waals surface area contributed by atoms with Gasteiger partial charge >= 0.3 is 12.1 Å². The highest BCUT2D eigenvalue weighted by Gasteiger charge is 2.42. The number of alkyl halides is 3. The molecule has 2 N–H and O–H groups in total. The van der Waals surface area contributed by atoms with Crippen molar-refractivity contribution in [2.24, 2.45) is 0 Å². The highest BCUT2D eigenvalue weighted by Crippen LogP contribution is 2.28. The Kier molecular flexibility index (Phi) is 3.88. The van der Waals surface area contributed by atoms with Crippen molar-refractivity contribution in [1.82, 2.24) is 5.32 Å². The molecular weight excluding hydrogens is 231 g/mol. The summed E-state index contributed by atoms with van der Waals surface area (Å²) in [5, 5.41) is 11.1. The Hall–Kier alpha value is -0.430. The third-order valence-corrected chi connectivity index (χ3v) is 3.55. The zero-order chi connectivity index (χ0) is 11.5. The minimum Gasteiger partial charge on any atom is -0.480 e. The summed E-state index contributed by atoms with van der Waals surface area (Å²) in [7, 11) is 0. The van der Waals surface area contributed by atoms with Gasteiger partial charge in [-0.15, -0.1) is 0 Å². The highest BCUT2D eigenvalue weighted by atomic mass is 32.2. The van der Waals surface area contributed by atoms with Gasteiger partial charge in [0.1, 0.15) is 5.54 Å². The molecule has 1 heterocycles. The summed E-state index contributed by atoms with van der Waals surface area (Å²) in [5.41, 5.74) is -1.40. The summed E-state index contributed by atoms with van der Waals surface area (Å²) in [6.07, 6.45) is -3.49. The molecule has 1 unspecified atom stereocenters. The molecule has 0 aromatic heterocycles. The van der Waals surface area contributed by atoms with E-state index in [2.05, 4.69) is 5.32 Å². The average molecular weight is 243 g/mol. The number of aliphatic carboxylic acids is 1. The number of halogens is 3. The van der Waals surface area contributed by atoms with E-state index in [1.165, 1.54) is 11.8 Å². The molecule has 0 saturated carbocycles. The van der Waals surface area contributed by atoms with Crippen molar-refractivity contribution in [2.45, 2.75) is 24.6 Å². The SMILES string of the molecule is O=C(O)C1(NCC(F)(F)F)CCCSC1. The molecule has 3 nitrogen and oxygen atoms in total. The molecule has 1 fully saturated rings. The van der Waals surface area contributed by atoms with Crippen LogP contribution in [0.3, 0.4) is 0 Å². The maximum absolute atomic E-state index is 12.0. The van der Waals surface area contributed by atoms with Gasteiger partial charge in [-0.1, -0.05) is 0 Å². The van der Waals surface area contributed by atoms with Crippen molar-refractivity contribution in [1.29, 1.82) is 0 Å². The minimum absolute atomic E-state index is 0.193. The van der Waals surface area contributed by atoms with E-state index in [0.717, 1.165) is 5.75 Å². The number of rotatable bonds is 3. The third-order valence-electron chi connectivity index (χ3n) is 2.28. The van der Waals surface area contributed by atoms with Crippen LogP contribution in [0.15, 0.2) is 0 Å². The lowest BCUT2D eigenvalue weighted by molar-refractivity contribution is -0.149. The van der Waals surface area contributed by atoms with Gasteiger partial charge in [0.25, 0.3) is 0 Å². The molecule has 0 aliphatic carbocycles. The van der Waals surface area contributed by atoms with E-state index in [1.54, 1.807) is 0 Å². The van der Waals surface area contributed by atoms with Crippen LogP contribution < -0.4 is 5.32 Å². The van der Waals surface area contributed by atoms with Crippen molar-refractivity contribution in [3.05, 3.63) is 0 Å². The van der Waals surface area contributed by atoms with Crippen LogP contribution >= 0.6 is 11.8 Å². The molecule has 88 valence electrons. The number of carboxylic acids is 1. The molecular formula is C8H12F3NO2S. The van der Waals surface area contributed by atoms with Gasteiger partial charge in [-0.05, 0) is 18.6 Å². The Morgan fingerprint density at radius 2 is 2.20 bits per heavy atom. The molecule has 0 spiro atoms. The summed E-state index contributed by atoms with van der Waals surface area (Å²) < 4.78 is 35.9. The molecule has 7 heteroatoms. The Morgan fingerprint density at radius 3 is 2.60 bits per heavy atom. The Balaban J connectivity index is 2.61. The van der Waals surface area contributed by atoms with Crippen LogP contribution in [-0.4, -0.2) is 40.8 Å². The monoisotopic (exact) mass is 243 g/mol. The molecule has 0 amide bonds. The van der Waals surface area contributed by atoms with Crippen LogP contribution in [0.2, 0.25) is 0 Å². The van der Waals surface area contributed by atoms with E-state index in [9.17, 15) is 18.0 Å². The lowest BCUT2D eigenvalue weighted by atomic mass is 9.95. The van der Waals surface area contributed by atoms with Gasteiger partial charge in [-0.2, -0.15) is 24.9 Å². The second-order valence-electron chi connectivity index (χ2n) is 3.51. The number of thioether (sulfide) groups is 1. The van der Waals surface area contributed by atoms with Crippen molar-refractivity contribution < 1.29 is 23.1 Å². The van der Waals surface area contributed by atoms with E-state index in [4.69, 9.17) is 5.11 Å². The van der Waals surface area contributed by atoms with Crippen LogP contribution in [0.1, 0.15) is 12.8 Å². The normalized spacial score (nSPS) is 27.7. The Morgan fingerprint density at radius 1 is 1.53 bits per heavy atom. The van der Waals surface area contributed by atoms with Gasteiger partial charge < -0.3 is 5.11 Å². The number of carbonyl (C=O) groups is 1. The topological polar surface area (TPSA) is 49.3 Å². The predicted octanol–water partition coefficient (Wildman–Crippen LogP) is 1.49.